The molecule has 1 aromatic heterocycles. The fourth-order valence-electron chi connectivity index (χ4n) is 4.12. The molecule has 6 nitrogen and oxygen atoms in total. The van der Waals surface area contributed by atoms with Crippen molar-refractivity contribution in [1.29, 1.82) is 0 Å². The van der Waals surface area contributed by atoms with Crippen molar-refractivity contribution in [2.45, 2.75) is 13.0 Å². The number of rotatable bonds is 4. The molecule has 3 aromatic carbocycles. The van der Waals surface area contributed by atoms with E-state index in [2.05, 4.69) is 15.6 Å². The van der Waals surface area contributed by atoms with E-state index in [1.807, 2.05) is 41.8 Å². The average Bonchev–Trinajstić information content (AvgIpc) is 3.16. The van der Waals surface area contributed by atoms with Crippen LogP contribution in [0, 0.1) is 5.82 Å². The highest BCUT2D eigenvalue weighted by molar-refractivity contribution is 6.06. The first-order valence-electron chi connectivity index (χ1n) is 10.2. The lowest BCUT2D eigenvalue weighted by Crippen LogP contribution is -2.31. The van der Waals surface area contributed by atoms with Crippen molar-refractivity contribution in [2.75, 3.05) is 17.7 Å². The van der Waals surface area contributed by atoms with Gasteiger partial charge >= 0.3 is 0 Å². The third-order valence-corrected chi connectivity index (χ3v) is 5.59. The minimum atomic E-state index is -0.549. The van der Waals surface area contributed by atoms with Crippen molar-refractivity contribution in [1.82, 2.24) is 9.55 Å². The maximum Gasteiger partial charge on any atom is 0.255 e. The summed E-state index contributed by atoms with van der Waals surface area (Å²) in [5.41, 5.74) is 4.09. The molecule has 5 rings (SSSR count). The van der Waals surface area contributed by atoms with Crippen LogP contribution in [0.1, 0.15) is 18.5 Å². The van der Waals surface area contributed by atoms with Gasteiger partial charge < -0.3 is 15.4 Å². The third-order valence-electron chi connectivity index (χ3n) is 5.59. The average molecular weight is 428 g/mol. The maximum atomic E-state index is 14.2. The summed E-state index contributed by atoms with van der Waals surface area (Å²) in [6, 6.07) is 20.6. The standard InChI is InChI=1S/C25H21FN4O2/c1-15-22(24(31)28-18-10-12-19(32-2)13-11-18)23(16-6-5-7-17(26)14-16)30-21-9-4-3-8-20(21)29-25(30)27-15/h3-14,23H,1-2H3,(H,27,29)(H,28,31)/t23-/m0/s1. The van der Waals surface area contributed by atoms with Crippen LogP contribution in [-0.2, 0) is 4.79 Å². The number of benzene rings is 3. The number of anilines is 2. The number of aromatic nitrogens is 2. The van der Waals surface area contributed by atoms with Gasteiger partial charge in [-0.1, -0.05) is 24.3 Å². The van der Waals surface area contributed by atoms with Gasteiger partial charge in [-0.3, -0.25) is 9.36 Å². The number of nitrogens with zero attached hydrogens (tertiary/aromatic N) is 2. The van der Waals surface area contributed by atoms with Gasteiger partial charge in [-0.25, -0.2) is 9.37 Å². The highest BCUT2D eigenvalue weighted by atomic mass is 19.1. The zero-order valence-corrected chi connectivity index (χ0v) is 17.6. The highest BCUT2D eigenvalue weighted by Gasteiger charge is 2.34. The number of methoxy groups -OCH3 is 1. The number of para-hydroxylation sites is 2. The van der Waals surface area contributed by atoms with Crippen LogP contribution in [0.4, 0.5) is 16.0 Å². The summed E-state index contributed by atoms with van der Waals surface area (Å²) in [6.07, 6.45) is 0. The number of carbonyl (C=O) groups is 1. The van der Waals surface area contributed by atoms with Crippen molar-refractivity contribution in [3.63, 3.8) is 0 Å². The predicted octanol–water partition coefficient (Wildman–Crippen LogP) is 5.11. The molecule has 1 amide bonds. The number of amides is 1. The lowest BCUT2D eigenvalue weighted by atomic mass is 9.94. The number of hydrogen-bond donors (Lipinski definition) is 2. The number of fused-ring (bicyclic) bond motifs is 3. The topological polar surface area (TPSA) is 68.2 Å². The fraction of sp³-hybridized carbons (Fsp3) is 0.120. The summed E-state index contributed by atoms with van der Waals surface area (Å²) in [4.78, 5) is 18.2. The molecule has 0 spiro atoms. The van der Waals surface area contributed by atoms with Gasteiger partial charge in [0.05, 0.1) is 29.8 Å². The van der Waals surface area contributed by atoms with E-state index < -0.39 is 6.04 Å². The minimum Gasteiger partial charge on any atom is -0.497 e. The summed E-state index contributed by atoms with van der Waals surface area (Å²) in [7, 11) is 1.59. The molecule has 0 radical (unpaired) electrons. The van der Waals surface area contributed by atoms with Crippen LogP contribution in [0.2, 0.25) is 0 Å². The maximum absolute atomic E-state index is 14.2. The molecule has 0 saturated heterocycles. The molecule has 32 heavy (non-hydrogen) atoms. The van der Waals surface area contributed by atoms with Gasteiger partial charge in [-0.2, -0.15) is 0 Å². The molecule has 0 aliphatic carbocycles. The second-order valence-electron chi connectivity index (χ2n) is 7.60. The SMILES string of the molecule is COc1ccc(NC(=O)C2=C(C)Nc3nc4ccccc4n3[C@H]2c2cccc(F)c2)cc1. The zero-order valence-electron chi connectivity index (χ0n) is 17.6. The van der Waals surface area contributed by atoms with Gasteiger partial charge in [0.1, 0.15) is 11.6 Å². The lowest BCUT2D eigenvalue weighted by Gasteiger charge is -2.30. The quantitative estimate of drug-likeness (QED) is 0.474. The molecule has 2 N–H and O–H groups in total. The van der Waals surface area contributed by atoms with Gasteiger partial charge in [0.2, 0.25) is 5.95 Å². The molecule has 0 fully saturated rings. The molecular formula is C25H21FN4O2. The van der Waals surface area contributed by atoms with Crippen molar-refractivity contribution in [2.24, 2.45) is 0 Å². The molecule has 2 heterocycles. The Hall–Kier alpha value is -4.13. The molecule has 160 valence electrons. The van der Waals surface area contributed by atoms with Gasteiger partial charge in [0, 0.05) is 11.4 Å². The molecule has 1 atom stereocenters. The van der Waals surface area contributed by atoms with Crippen LogP contribution in [0.5, 0.6) is 5.75 Å². The fourth-order valence-corrected chi connectivity index (χ4v) is 4.12. The van der Waals surface area contributed by atoms with E-state index in [1.54, 1.807) is 37.4 Å². The summed E-state index contributed by atoms with van der Waals surface area (Å²) in [5, 5.41) is 6.21. The van der Waals surface area contributed by atoms with Gasteiger partial charge in [-0.05, 0) is 61.0 Å². The van der Waals surface area contributed by atoms with Crippen molar-refractivity contribution < 1.29 is 13.9 Å². The van der Waals surface area contributed by atoms with E-state index in [4.69, 9.17) is 4.74 Å². The Morgan fingerprint density at radius 3 is 2.62 bits per heavy atom. The van der Waals surface area contributed by atoms with E-state index >= 15 is 0 Å². The number of hydrogen-bond acceptors (Lipinski definition) is 4. The summed E-state index contributed by atoms with van der Waals surface area (Å²) in [6.45, 7) is 1.83. The molecule has 4 aromatic rings. The third kappa shape index (κ3) is 3.37. The van der Waals surface area contributed by atoms with E-state index in [1.165, 1.54) is 12.1 Å². The van der Waals surface area contributed by atoms with Crippen molar-refractivity contribution in [3.8, 4) is 5.75 Å². The Bertz CT molecular complexity index is 1360. The number of imidazole rings is 1. The molecule has 7 heteroatoms. The number of halogens is 1. The lowest BCUT2D eigenvalue weighted by molar-refractivity contribution is -0.113. The Kier molecular flexibility index (Phi) is 4.86. The van der Waals surface area contributed by atoms with Gasteiger partial charge in [-0.15, -0.1) is 0 Å². The van der Waals surface area contributed by atoms with Crippen LogP contribution in [0.15, 0.2) is 84.1 Å². The molecule has 1 aliphatic heterocycles. The van der Waals surface area contributed by atoms with E-state index in [-0.39, 0.29) is 11.7 Å². The van der Waals surface area contributed by atoms with Crippen LogP contribution >= 0.6 is 0 Å². The first-order valence-corrected chi connectivity index (χ1v) is 10.2. The highest BCUT2D eigenvalue weighted by Crippen LogP contribution is 2.39. The van der Waals surface area contributed by atoms with Crippen LogP contribution in [0.3, 0.4) is 0 Å². The van der Waals surface area contributed by atoms with E-state index in [0.29, 0.717) is 34.2 Å². The summed E-state index contributed by atoms with van der Waals surface area (Å²) >= 11 is 0. The first-order chi connectivity index (χ1) is 15.5. The van der Waals surface area contributed by atoms with Crippen LogP contribution in [-0.4, -0.2) is 22.6 Å². The normalized spacial score (nSPS) is 15.3. The Morgan fingerprint density at radius 1 is 1.09 bits per heavy atom. The second-order valence-corrected chi connectivity index (χ2v) is 7.60. The number of carbonyl (C=O) groups excluding carboxylic acids is 1. The van der Waals surface area contributed by atoms with Gasteiger partial charge in [0.15, 0.2) is 0 Å². The smallest absolute Gasteiger partial charge is 0.255 e. The number of ether oxygens (including phenoxy) is 1. The van der Waals surface area contributed by atoms with Crippen LogP contribution < -0.4 is 15.4 Å². The largest absolute Gasteiger partial charge is 0.497 e. The molecule has 0 bridgehead atoms. The number of allylic oxidation sites excluding steroid dienone is 1. The molecular weight excluding hydrogens is 407 g/mol. The Labute approximate surface area is 184 Å². The number of nitrogens with one attached hydrogen (secondary N) is 2. The Morgan fingerprint density at radius 2 is 1.88 bits per heavy atom. The van der Waals surface area contributed by atoms with E-state index in [0.717, 1.165) is 11.0 Å². The Balaban J connectivity index is 1.63. The van der Waals surface area contributed by atoms with E-state index in [9.17, 15) is 9.18 Å². The van der Waals surface area contributed by atoms with Crippen molar-refractivity contribution >= 4 is 28.6 Å². The van der Waals surface area contributed by atoms with Crippen LogP contribution in [0.25, 0.3) is 11.0 Å². The monoisotopic (exact) mass is 428 g/mol. The molecule has 0 unspecified atom stereocenters. The molecule has 1 aliphatic rings. The van der Waals surface area contributed by atoms with Crippen molar-refractivity contribution in [3.05, 3.63) is 95.4 Å². The molecule has 0 saturated carbocycles. The predicted molar refractivity (Wildman–Crippen MR) is 122 cm³/mol. The van der Waals surface area contributed by atoms with Gasteiger partial charge in [0.25, 0.3) is 5.91 Å². The second kappa shape index (κ2) is 7.85. The first kappa shape index (κ1) is 19.8. The summed E-state index contributed by atoms with van der Waals surface area (Å²) in [5.74, 6) is 0.668. The summed E-state index contributed by atoms with van der Waals surface area (Å²) < 4.78 is 21.3. The zero-order chi connectivity index (χ0) is 22.2. The minimum absolute atomic E-state index is 0.280.